The summed E-state index contributed by atoms with van der Waals surface area (Å²) in [5, 5.41) is 3.04. The van der Waals surface area contributed by atoms with Crippen molar-refractivity contribution in [2.45, 2.75) is 11.3 Å². The normalized spacial score (nSPS) is 11.7. The predicted octanol–water partition coefficient (Wildman–Crippen LogP) is 1.23. The Morgan fingerprint density at radius 3 is 2.67 bits per heavy atom. The van der Waals surface area contributed by atoms with Gasteiger partial charge in [-0.05, 0) is 25.1 Å². The van der Waals surface area contributed by atoms with Gasteiger partial charge in [-0.1, -0.05) is 12.1 Å². The lowest BCUT2D eigenvalue weighted by Gasteiger charge is -2.06. The van der Waals surface area contributed by atoms with E-state index in [1.54, 1.807) is 7.11 Å². The molecular formula is C12H18FNO3S. The molecule has 0 fully saturated rings. The van der Waals surface area contributed by atoms with Crippen molar-refractivity contribution in [2.75, 3.05) is 32.6 Å². The van der Waals surface area contributed by atoms with Crippen molar-refractivity contribution in [3.63, 3.8) is 0 Å². The Hall–Kier alpha value is -0.980. The van der Waals surface area contributed by atoms with Crippen molar-refractivity contribution < 1.29 is 17.5 Å². The summed E-state index contributed by atoms with van der Waals surface area (Å²) in [4.78, 5) is -0.220. The zero-order valence-electron chi connectivity index (χ0n) is 10.4. The first-order chi connectivity index (χ1) is 8.58. The van der Waals surface area contributed by atoms with Crippen LogP contribution in [0.4, 0.5) is 4.39 Å². The second-order valence-corrected chi connectivity index (χ2v) is 5.92. The monoisotopic (exact) mass is 275 g/mol. The molecule has 0 amide bonds. The van der Waals surface area contributed by atoms with Crippen molar-refractivity contribution in [2.24, 2.45) is 0 Å². The van der Waals surface area contributed by atoms with Gasteiger partial charge in [0.1, 0.15) is 10.7 Å². The highest BCUT2D eigenvalue weighted by Crippen LogP contribution is 2.15. The van der Waals surface area contributed by atoms with E-state index in [0.29, 0.717) is 26.1 Å². The van der Waals surface area contributed by atoms with Gasteiger partial charge in [-0.3, -0.25) is 0 Å². The zero-order chi connectivity index (χ0) is 13.4. The fourth-order valence-corrected chi connectivity index (χ4v) is 2.89. The summed E-state index contributed by atoms with van der Waals surface area (Å²) in [7, 11) is -1.93. The minimum Gasteiger partial charge on any atom is -0.383 e. The average Bonchev–Trinajstić information content (AvgIpc) is 2.34. The van der Waals surface area contributed by atoms with Crippen LogP contribution in [0.2, 0.25) is 0 Å². The largest absolute Gasteiger partial charge is 0.383 e. The molecule has 1 aromatic rings. The molecule has 0 bridgehead atoms. The first kappa shape index (κ1) is 15.1. The van der Waals surface area contributed by atoms with E-state index in [-0.39, 0.29) is 10.6 Å². The molecule has 1 aromatic carbocycles. The lowest BCUT2D eigenvalue weighted by atomic mass is 10.3. The maximum absolute atomic E-state index is 13.3. The predicted molar refractivity (Wildman–Crippen MR) is 67.8 cm³/mol. The number of hydrogen-bond acceptors (Lipinski definition) is 4. The molecule has 1 rings (SSSR count). The van der Waals surface area contributed by atoms with E-state index in [1.165, 1.54) is 18.2 Å². The number of benzene rings is 1. The molecule has 0 aliphatic carbocycles. The zero-order valence-corrected chi connectivity index (χ0v) is 11.2. The highest BCUT2D eigenvalue weighted by Gasteiger charge is 2.17. The molecule has 1 N–H and O–H groups in total. The van der Waals surface area contributed by atoms with E-state index >= 15 is 0 Å². The standard InChI is InChI=1S/C12H18FNO3S/c1-17-9-8-14-7-4-10-18(15,16)12-6-3-2-5-11(12)13/h2-3,5-6,14H,4,7-10H2,1H3. The minimum atomic E-state index is -3.53. The number of nitrogens with one attached hydrogen (secondary N) is 1. The van der Waals surface area contributed by atoms with E-state index in [9.17, 15) is 12.8 Å². The Bertz CT molecular complexity index is 462. The van der Waals surface area contributed by atoms with Crippen LogP contribution in [-0.4, -0.2) is 41.0 Å². The summed E-state index contributed by atoms with van der Waals surface area (Å²) in [5.41, 5.74) is 0. The molecule has 0 heterocycles. The molecule has 0 unspecified atom stereocenters. The van der Waals surface area contributed by atoms with Gasteiger partial charge in [0.05, 0.1) is 12.4 Å². The Morgan fingerprint density at radius 1 is 1.28 bits per heavy atom. The lowest BCUT2D eigenvalue weighted by molar-refractivity contribution is 0.199. The second kappa shape index (κ2) is 7.45. The van der Waals surface area contributed by atoms with Crippen LogP contribution < -0.4 is 5.32 Å². The second-order valence-electron chi connectivity index (χ2n) is 3.85. The van der Waals surface area contributed by atoms with Gasteiger partial charge >= 0.3 is 0 Å². The minimum absolute atomic E-state index is 0.0616. The quantitative estimate of drug-likeness (QED) is 0.725. The summed E-state index contributed by atoms with van der Waals surface area (Å²) in [6, 6.07) is 5.44. The van der Waals surface area contributed by atoms with Crippen LogP contribution in [0, 0.1) is 5.82 Å². The summed E-state index contributed by atoms with van der Waals surface area (Å²) in [5.74, 6) is -0.752. The third kappa shape index (κ3) is 4.72. The maximum atomic E-state index is 13.3. The smallest absolute Gasteiger partial charge is 0.181 e. The molecule has 0 aliphatic heterocycles. The number of rotatable bonds is 8. The first-order valence-electron chi connectivity index (χ1n) is 5.75. The molecule has 0 saturated carbocycles. The molecule has 4 nitrogen and oxygen atoms in total. The summed E-state index contributed by atoms with van der Waals surface area (Å²) in [6.45, 7) is 1.83. The summed E-state index contributed by atoms with van der Waals surface area (Å²) in [6.07, 6.45) is 0.445. The van der Waals surface area contributed by atoms with E-state index in [1.807, 2.05) is 0 Å². The summed E-state index contributed by atoms with van der Waals surface area (Å²) < 4.78 is 41.9. The number of methoxy groups -OCH3 is 1. The average molecular weight is 275 g/mol. The van der Waals surface area contributed by atoms with Crippen LogP contribution >= 0.6 is 0 Å². The van der Waals surface area contributed by atoms with Gasteiger partial charge < -0.3 is 10.1 Å². The van der Waals surface area contributed by atoms with Crippen molar-refractivity contribution in [3.05, 3.63) is 30.1 Å². The van der Waals surface area contributed by atoms with Gasteiger partial charge in [-0.25, -0.2) is 12.8 Å². The number of sulfone groups is 1. The van der Waals surface area contributed by atoms with Gasteiger partial charge in [-0.2, -0.15) is 0 Å². The first-order valence-corrected chi connectivity index (χ1v) is 7.40. The Labute approximate surface area is 107 Å². The van der Waals surface area contributed by atoms with Crippen LogP contribution in [-0.2, 0) is 14.6 Å². The molecule has 0 aliphatic rings. The molecule has 0 spiro atoms. The molecule has 0 atom stereocenters. The van der Waals surface area contributed by atoms with E-state index in [2.05, 4.69) is 5.32 Å². The number of hydrogen-bond donors (Lipinski definition) is 1. The fourth-order valence-electron chi connectivity index (χ4n) is 1.49. The van der Waals surface area contributed by atoms with Crippen molar-refractivity contribution >= 4 is 9.84 Å². The van der Waals surface area contributed by atoms with Crippen LogP contribution in [0.5, 0.6) is 0 Å². The van der Waals surface area contributed by atoms with Gasteiger partial charge in [0.2, 0.25) is 0 Å². The van der Waals surface area contributed by atoms with Crippen LogP contribution in [0.25, 0.3) is 0 Å². The van der Waals surface area contributed by atoms with Gasteiger partial charge in [0.15, 0.2) is 9.84 Å². The van der Waals surface area contributed by atoms with Crippen LogP contribution in [0.1, 0.15) is 6.42 Å². The topological polar surface area (TPSA) is 55.4 Å². The SMILES string of the molecule is COCCNCCCS(=O)(=O)c1ccccc1F. The Balaban J connectivity index is 2.44. The van der Waals surface area contributed by atoms with E-state index < -0.39 is 15.7 Å². The molecule has 0 radical (unpaired) electrons. The van der Waals surface area contributed by atoms with Crippen LogP contribution in [0.15, 0.2) is 29.2 Å². The number of halogens is 1. The molecule has 102 valence electrons. The molecular weight excluding hydrogens is 257 g/mol. The number of ether oxygens (including phenoxy) is 1. The molecule has 0 saturated heterocycles. The van der Waals surface area contributed by atoms with E-state index in [4.69, 9.17) is 4.74 Å². The third-order valence-electron chi connectivity index (χ3n) is 2.42. The van der Waals surface area contributed by atoms with Crippen molar-refractivity contribution in [3.8, 4) is 0 Å². The highest BCUT2D eigenvalue weighted by molar-refractivity contribution is 7.91. The summed E-state index contributed by atoms with van der Waals surface area (Å²) >= 11 is 0. The fraction of sp³-hybridized carbons (Fsp3) is 0.500. The van der Waals surface area contributed by atoms with Gasteiger partial charge in [-0.15, -0.1) is 0 Å². The van der Waals surface area contributed by atoms with Crippen molar-refractivity contribution in [1.29, 1.82) is 0 Å². The molecule has 6 heteroatoms. The van der Waals surface area contributed by atoms with E-state index in [0.717, 1.165) is 6.07 Å². The molecule has 18 heavy (non-hydrogen) atoms. The molecule has 0 aromatic heterocycles. The highest BCUT2D eigenvalue weighted by atomic mass is 32.2. The van der Waals surface area contributed by atoms with Crippen LogP contribution in [0.3, 0.4) is 0 Å². The third-order valence-corrected chi connectivity index (χ3v) is 4.25. The lowest BCUT2D eigenvalue weighted by Crippen LogP contribution is -2.22. The maximum Gasteiger partial charge on any atom is 0.181 e. The Kier molecular flexibility index (Phi) is 6.24. The van der Waals surface area contributed by atoms with Crippen molar-refractivity contribution in [1.82, 2.24) is 5.32 Å². The Morgan fingerprint density at radius 2 is 2.00 bits per heavy atom. The van der Waals surface area contributed by atoms with Gasteiger partial charge in [0, 0.05) is 13.7 Å². The van der Waals surface area contributed by atoms with Gasteiger partial charge in [0.25, 0.3) is 0 Å².